The average Bonchev–Trinajstić information content (AvgIpc) is 2.76. The molecule has 0 spiro atoms. The lowest BCUT2D eigenvalue weighted by molar-refractivity contribution is 0.0679. The lowest BCUT2D eigenvalue weighted by atomic mass is 10.1. The second-order valence-corrected chi connectivity index (χ2v) is 7.31. The third-order valence-corrected chi connectivity index (χ3v) is 4.98. The van der Waals surface area contributed by atoms with E-state index in [0.29, 0.717) is 27.9 Å². The molecule has 7 heteroatoms. The average molecular weight is 402 g/mol. The van der Waals surface area contributed by atoms with Crippen LogP contribution < -0.4 is 10.3 Å². The van der Waals surface area contributed by atoms with E-state index in [4.69, 9.17) is 4.74 Å². The van der Waals surface area contributed by atoms with Crippen LogP contribution in [0.4, 0.5) is 0 Å². The van der Waals surface area contributed by atoms with Gasteiger partial charge in [-0.3, -0.25) is 9.59 Å². The molecular weight excluding hydrogens is 380 g/mol. The number of nitrogens with one attached hydrogen (secondary N) is 1. The van der Waals surface area contributed by atoms with Crippen molar-refractivity contribution >= 4 is 27.7 Å². The first-order valence-electron chi connectivity index (χ1n) is 9.70. The molecule has 0 atom stereocenters. The summed E-state index contributed by atoms with van der Waals surface area (Å²) in [6.07, 6.45) is 0. The summed E-state index contributed by atoms with van der Waals surface area (Å²) < 4.78 is 5.24. The van der Waals surface area contributed by atoms with Crippen LogP contribution >= 0.6 is 0 Å². The van der Waals surface area contributed by atoms with Crippen LogP contribution in [0.25, 0.3) is 21.8 Å². The Morgan fingerprint density at radius 2 is 1.87 bits per heavy atom. The minimum Gasteiger partial charge on any atom is -0.497 e. The van der Waals surface area contributed by atoms with Crippen LogP contribution in [-0.2, 0) is 6.54 Å². The van der Waals surface area contributed by atoms with E-state index in [-0.39, 0.29) is 24.1 Å². The van der Waals surface area contributed by atoms with Crippen LogP contribution in [0.3, 0.4) is 0 Å². The number of nitrogens with zero attached hydrogens (tertiary/aromatic N) is 3. The third kappa shape index (κ3) is 3.74. The van der Waals surface area contributed by atoms with E-state index in [2.05, 4.69) is 15.0 Å². The van der Waals surface area contributed by atoms with Gasteiger partial charge in [0.2, 0.25) is 0 Å². The van der Waals surface area contributed by atoms with Crippen molar-refractivity contribution in [1.82, 2.24) is 19.9 Å². The number of aromatic nitrogens is 3. The molecular formula is C23H22N4O3. The normalized spacial score (nSPS) is 11.2. The summed E-state index contributed by atoms with van der Waals surface area (Å²) in [6, 6.07) is 16.1. The first-order valence-corrected chi connectivity index (χ1v) is 9.70. The van der Waals surface area contributed by atoms with Gasteiger partial charge >= 0.3 is 0 Å². The number of carbonyl (C=O) groups is 1. The first kappa shape index (κ1) is 19.6. The molecule has 4 rings (SSSR count). The van der Waals surface area contributed by atoms with Crippen molar-refractivity contribution in [2.45, 2.75) is 26.4 Å². The Labute approximate surface area is 173 Å². The molecule has 0 radical (unpaired) electrons. The van der Waals surface area contributed by atoms with Crippen LogP contribution in [0.5, 0.6) is 5.75 Å². The van der Waals surface area contributed by atoms with Crippen LogP contribution in [-0.4, -0.2) is 38.9 Å². The number of hydrogen-bond donors (Lipinski definition) is 1. The molecule has 152 valence electrons. The van der Waals surface area contributed by atoms with Gasteiger partial charge in [0, 0.05) is 11.4 Å². The summed E-state index contributed by atoms with van der Waals surface area (Å²) in [4.78, 5) is 39.1. The van der Waals surface area contributed by atoms with Crippen LogP contribution in [0, 0.1) is 0 Å². The van der Waals surface area contributed by atoms with E-state index < -0.39 is 0 Å². The molecule has 30 heavy (non-hydrogen) atoms. The van der Waals surface area contributed by atoms with Gasteiger partial charge in [-0.25, -0.2) is 9.97 Å². The number of carbonyl (C=O) groups excluding carboxylic acids is 1. The Bertz CT molecular complexity index is 1300. The predicted molar refractivity (Wildman–Crippen MR) is 116 cm³/mol. The molecule has 1 N–H and O–H groups in total. The highest BCUT2D eigenvalue weighted by Gasteiger charge is 2.22. The lowest BCUT2D eigenvalue weighted by Gasteiger charge is -2.26. The van der Waals surface area contributed by atoms with Gasteiger partial charge in [-0.1, -0.05) is 18.2 Å². The van der Waals surface area contributed by atoms with Crippen LogP contribution in [0.1, 0.15) is 30.2 Å². The van der Waals surface area contributed by atoms with Crippen molar-refractivity contribution in [2.24, 2.45) is 0 Å². The molecule has 4 aromatic rings. The zero-order chi connectivity index (χ0) is 21.3. The number of hydrogen-bond acceptors (Lipinski definition) is 5. The van der Waals surface area contributed by atoms with Crippen molar-refractivity contribution in [2.75, 3.05) is 7.11 Å². The maximum atomic E-state index is 13.2. The number of fused-ring (bicyclic) bond motifs is 2. The van der Waals surface area contributed by atoms with Gasteiger partial charge in [-0.15, -0.1) is 0 Å². The van der Waals surface area contributed by atoms with Crippen molar-refractivity contribution in [3.05, 3.63) is 76.5 Å². The van der Waals surface area contributed by atoms with Gasteiger partial charge in [0.15, 0.2) is 0 Å². The Kier molecular flexibility index (Phi) is 5.18. The summed E-state index contributed by atoms with van der Waals surface area (Å²) in [6.45, 7) is 4.02. The monoisotopic (exact) mass is 402 g/mol. The maximum absolute atomic E-state index is 13.2. The number of aromatic amines is 1. The Morgan fingerprint density at radius 3 is 2.63 bits per heavy atom. The lowest BCUT2D eigenvalue weighted by Crippen LogP contribution is -2.37. The number of para-hydroxylation sites is 1. The minimum atomic E-state index is -0.224. The molecule has 2 heterocycles. The molecule has 0 aliphatic rings. The Hall–Kier alpha value is -3.74. The zero-order valence-corrected chi connectivity index (χ0v) is 17.0. The van der Waals surface area contributed by atoms with E-state index >= 15 is 0 Å². The molecule has 0 saturated carbocycles. The van der Waals surface area contributed by atoms with Crippen molar-refractivity contribution in [3.63, 3.8) is 0 Å². The molecule has 7 nitrogen and oxygen atoms in total. The predicted octanol–water partition coefficient (Wildman–Crippen LogP) is 3.53. The fourth-order valence-corrected chi connectivity index (χ4v) is 3.36. The smallest absolute Gasteiger partial charge is 0.273 e. The zero-order valence-electron chi connectivity index (χ0n) is 17.0. The molecule has 1 amide bonds. The van der Waals surface area contributed by atoms with E-state index in [1.165, 1.54) is 0 Å². The second kappa shape index (κ2) is 7.94. The highest BCUT2D eigenvalue weighted by atomic mass is 16.5. The SMILES string of the molecule is COc1ccc2nc(C(=O)N(Cc3nc4ccccc4c(=O)[nH]3)C(C)C)ccc2c1. The minimum absolute atomic E-state index is 0.109. The molecule has 0 fully saturated rings. The van der Waals surface area contributed by atoms with Crippen molar-refractivity contribution in [1.29, 1.82) is 0 Å². The summed E-state index contributed by atoms with van der Waals surface area (Å²) in [5.74, 6) is 0.948. The van der Waals surface area contributed by atoms with Gasteiger partial charge in [-0.05, 0) is 50.2 Å². The number of rotatable bonds is 5. The number of ether oxygens (including phenoxy) is 1. The van der Waals surface area contributed by atoms with Crippen molar-refractivity contribution in [3.8, 4) is 5.75 Å². The molecule has 2 aromatic carbocycles. The first-order chi connectivity index (χ1) is 14.5. The Balaban J connectivity index is 1.67. The van der Waals surface area contributed by atoms with E-state index in [9.17, 15) is 9.59 Å². The summed E-state index contributed by atoms with van der Waals surface area (Å²) in [5, 5.41) is 1.41. The largest absolute Gasteiger partial charge is 0.497 e. The topological polar surface area (TPSA) is 88.2 Å². The quantitative estimate of drug-likeness (QED) is 0.552. The third-order valence-electron chi connectivity index (χ3n) is 4.98. The summed E-state index contributed by atoms with van der Waals surface area (Å²) in [5.41, 5.74) is 1.43. The molecule has 0 bridgehead atoms. The van der Waals surface area contributed by atoms with Gasteiger partial charge in [0.1, 0.15) is 17.3 Å². The second-order valence-electron chi connectivity index (χ2n) is 7.31. The summed E-state index contributed by atoms with van der Waals surface area (Å²) in [7, 11) is 1.61. The number of pyridine rings is 1. The molecule has 0 aliphatic carbocycles. The number of amides is 1. The highest BCUT2D eigenvalue weighted by molar-refractivity contribution is 5.95. The maximum Gasteiger partial charge on any atom is 0.273 e. The summed E-state index contributed by atoms with van der Waals surface area (Å²) >= 11 is 0. The van der Waals surface area contributed by atoms with Crippen LogP contribution in [0.2, 0.25) is 0 Å². The molecule has 0 aliphatic heterocycles. The number of benzene rings is 2. The van der Waals surface area contributed by atoms with Gasteiger partial charge in [-0.2, -0.15) is 0 Å². The number of methoxy groups -OCH3 is 1. The van der Waals surface area contributed by atoms with Gasteiger partial charge in [0.05, 0.1) is 30.1 Å². The van der Waals surface area contributed by atoms with Crippen molar-refractivity contribution < 1.29 is 9.53 Å². The van der Waals surface area contributed by atoms with Gasteiger partial charge in [0.25, 0.3) is 11.5 Å². The molecule has 0 saturated heterocycles. The van der Waals surface area contributed by atoms with Gasteiger partial charge < -0.3 is 14.6 Å². The fraction of sp³-hybridized carbons (Fsp3) is 0.217. The molecule has 2 aromatic heterocycles. The van der Waals surface area contributed by atoms with E-state index in [1.54, 1.807) is 36.3 Å². The molecule has 0 unspecified atom stereocenters. The standard InChI is InChI=1S/C23H22N4O3/c1-14(2)27(13-21-25-19-7-5-4-6-17(19)22(28)26-21)23(29)20-10-8-15-12-16(30-3)9-11-18(15)24-20/h4-12,14H,13H2,1-3H3,(H,25,26,28). The van der Waals surface area contributed by atoms with E-state index in [1.807, 2.05) is 44.2 Å². The highest BCUT2D eigenvalue weighted by Crippen LogP contribution is 2.21. The van der Waals surface area contributed by atoms with Crippen LogP contribution in [0.15, 0.2) is 59.4 Å². The fourth-order valence-electron chi connectivity index (χ4n) is 3.36. The van der Waals surface area contributed by atoms with E-state index in [0.717, 1.165) is 11.1 Å². The number of H-pyrrole nitrogens is 1. The Morgan fingerprint density at radius 1 is 1.07 bits per heavy atom.